The summed E-state index contributed by atoms with van der Waals surface area (Å²) in [7, 11) is 0. The van der Waals surface area contributed by atoms with Gasteiger partial charge < -0.3 is 15.5 Å². The fourth-order valence-electron chi connectivity index (χ4n) is 2.53. The van der Waals surface area contributed by atoms with Crippen LogP contribution in [0, 0.1) is 5.82 Å². The van der Waals surface area contributed by atoms with Crippen molar-refractivity contribution in [3.8, 4) is 11.5 Å². The predicted octanol–water partition coefficient (Wildman–Crippen LogP) is 3.52. The molecule has 0 saturated carbocycles. The van der Waals surface area contributed by atoms with E-state index in [1.165, 1.54) is 12.1 Å². The van der Waals surface area contributed by atoms with Gasteiger partial charge in [-0.25, -0.2) is 4.39 Å². The lowest BCUT2D eigenvalue weighted by Gasteiger charge is -2.22. The van der Waals surface area contributed by atoms with Crippen molar-refractivity contribution in [3.63, 3.8) is 0 Å². The van der Waals surface area contributed by atoms with Crippen LogP contribution in [0.15, 0.2) is 42.5 Å². The van der Waals surface area contributed by atoms with Crippen molar-refractivity contribution in [2.75, 3.05) is 0 Å². The number of rotatable bonds is 5. The highest BCUT2D eigenvalue weighted by molar-refractivity contribution is 5.44. The molecule has 0 amide bonds. The van der Waals surface area contributed by atoms with Crippen LogP contribution in [0.1, 0.15) is 31.0 Å². The van der Waals surface area contributed by atoms with Crippen LogP contribution in [0.2, 0.25) is 0 Å². The first-order valence-corrected chi connectivity index (χ1v) is 6.98. The van der Waals surface area contributed by atoms with E-state index in [4.69, 9.17) is 0 Å². The quantitative estimate of drug-likeness (QED) is 0.789. The Balaban J connectivity index is 2.02. The van der Waals surface area contributed by atoms with Crippen molar-refractivity contribution in [2.24, 2.45) is 0 Å². The Morgan fingerprint density at radius 1 is 1.00 bits per heavy atom. The van der Waals surface area contributed by atoms with Crippen molar-refractivity contribution in [3.05, 3.63) is 59.4 Å². The maximum absolute atomic E-state index is 12.9. The van der Waals surface area contributed by atoms with Gasteiger partial charge in [-0.15, -0.1) is 0 Å². The summed E-state index contributed by atoms with van der Waals surface area (Å²) in [6.07, 6.45) is 0.735. The Bertz CT molecular complexity index is 578. The SMILES string of the molecule is CC(Cc1ccc(F)cc1)NC(C)c1c(O)cccc1O. The highest BCUT2D eigenvalue weighted by atomic mass is 19.1. The summed E-state index contributed by atoms with van der Waals surface area (Å²) in [4.78, 5) is 0. The van der Waals surface area contributed by atoms with Gasteiger partial charge in [-0.3, -0.25) is 0 Å². The lowest BCUT2D eigenvalue weighted by molar-refractivity contribution is 0.404. The number of nitrogens with one attached hydrogen (secondary N) is 1. The number of hydrogen-bond donors (Lipinski definition) is 3. The Hall–Kier alpha value is -2.07. The fraction of sp³-hybridized carbons (Fsp3) is 0.294. The third-order valence-electron chi connectivity index (χ3n) is 3.48. The van der Waals surface area contributed by atoms with E-state index in [0.29, 0.717) is 5.56 Å². The smallest absolute Gasteiger partial charge is 0.124 e. The van der Waals surface area contributed by atoms with Crippen molar-refractivity contribution in [1.29, 1.82) is 0 Å². The van der Waals surface area contributed by atoms with E-state index < -0.39 is 0 Å². The van der Waals surface area contributed by atoms with Crippen LogP contribution >= 0.6 is 0 Å². The van der Waals surface area contributed by atoms with Crippen molar-refractivity contribution < 1.29 is 14.6 Å². The molecule has 0 spiro atoms. The highest BCUT2D eigenvalue weighted by Gasteiger charge is 2.16. The normalized spacial score (nSPS) is 13.9. The summed E-state index contributed by atoms with van der Waals surface area (Å²) in [5.41, 5.74) is 1.52. The lowest BCUT2D eigenvalue weighted by Crippen LogP contribution is -2.30. The van der Waals surface area contributed by atoms with E-state index in [0.717, 1.165) is 12.0 Å². The molecule has 4 heteroatoms. The Labute approximate surface area is 124 Å². The van der Waals surface area contributed by atoms with Crippen LogP contribution in [-0.2, 0) is 6.42 Å². The van der Waals surface area contributed by atoms with Gasteiger partial charge in [0, 0.05) is 12.1 Å². The average Bonchev–Trinajstić information content (AvgIpc) is 2.41. The van der Waals surface area contributed by atoms with Gasteiger partial charge in [0.15, 0.2) is 0 Å². The van der Waals surface area contributed by atoms with Crippen molar-refractivity contribution >= 4 is 0 Å². The molecule has 0 aromatic heterocycles. The van der Waals surface area contributed by atoms with Gasteiger partial charge in [0.2, 0.25) is 0 Å². The Morgan fingerprint density at radius 2 is 1.57 bits per heavy atom. The topological polar surface area (TPSA) is 52.5 Å². The van der Waals surface area contributed by atoms with Crippen LogP contribution in [-0.4, -0.2) is 16.3 Å². The number of hydrogen-bond acceptors (Lipinski definition) is 3. The molecule has 2 unspecified atom stereocenters. The van der Waals surface area contributed by atoms with Gasteiger partial charge in [0.05, 0.1) is 5.56 Å². The van der Waals surface area contributed by atoms with Gasteiger partial charge >= 0.3 is 0 Å². The largest absolute Gasteiger partial charge is 0.507 e. The molecule has 0 aliphatic carbocycles. The van der Waals surface area contributed by atoms with Crippen molar-refractivity contribution in [2.45, 2.75) is 32.4 Å². The highest BCUT2D eigenvalue weighted by Crippen LogP contribution is 2.32. The van der Waals surface area contributed by atoms with Crippen LogP contribution in [0.3, 0.4) is 0 Å². The second-order valence-electron chi connectivity index (χ2n) is 5.33. The standard InChI is InChI=1S/C17H20FNO2/c1-11(10-13-6-8-14(18)9-7-13)19-12(2)17-15(20)4-3-5-16(17)21/h3-9,11-12,19-21H,10H2,1-2H3. The first-order chi connectivity index (χ1) is 9.97. The molecular formula is C17H20FNO2. The zero-order valence-electron chi connectivity index (χ0n) is 12.2. The molecule has 0 heterocycles. The molecule has 0 aliphatic heterocycles. The third kappa shape index (κ3) is 3.95. The maximum atomic E-state index is 12.9. The van der Waals surface area contributed by atoms with Gasteiger partial charge in [-0.2, -0.15) is 0 Å². The van der Waals surface area contributed by atoms with E-state index in [1.807, 2.05) is 13.8 Å². The first-order valence-electron chi connectivity index (χ1n) is 6.98. The molecule has 0 fully saturated rings. The van der Waals surface area contributed by atoms with Crippen LogP contribution in [0.4, 0.5) is 4.39 Å². The molecule has 0 radical (unpaired) electrons. The summed E-state index contributed by atoms with van der Waals surface area (Å²) >= 11 is 0. The lowest BCUT2D eigenvalue weighted by atomic mass is 10.0. The summed E-state index contributed by atoms with van der Waals surface area (Å²) in [6, 6.07) is 11.0. The molecule has 2 atom stereocenters. The maximum Gasteiger partial charge on any atom is 0.124 e. The molecule has 0 bridgehead atoms. The molecule has 2 rings (SSSR count). The van der Waals surface area contributed by atoms with Gasteiger partial charge in [-0.1, -0.05) is 18.2 Å². The number of aromatic hydroxyl groups is 2. The minimum Gasteiger partial charge on any atom is -0.507 e. The first kappa shape index (κ1) is 15.3. The summed E-state index contributed by atoms with van der Waals surface area (Å²) in [5, 5.41) is 23.0. The predicted molar refractivity (Wildman–Crippen MR) is 80.9 cm³/mol. The zero-order chi connectivity index (χ0) is 15.4. The van der Waals surface area contributed by atoms with Gasteiger partial charge in [-0.05, 0) is 50.1 Å². The van der Waals surface area contributed by atoms with E-state index in [-0.39, 0.29) is 29.4 Å². The monoisotopic (exact) mass is 289 g/mol. The van der Waals surface area contributed by atoms with Gasteiger partial charge in [0.25, 0.3) is 0 Å². The Morgan fingerprint density at radius 3 is 2.14 bits per heavy atom. The zero-order valence-corrected chi connectivity index (χ0v) is 12.2. The molecule has 0 aliphatic rings. The van der Waals surface area contributed by atoms with Crippen molar-refractivity contribution in [1.82, 2.24) is 5.32 Å². The van der Waals surface area contributed by atoms with Crippen LogP contribution in [0.25, 0.3) is 0 Å². The molecule has 0 saturated heterocycles. The molecule has 2 aromatic rings. The second-order valence-corrected chi connectivity index (χ2v) is 5.33. The van der Waals surface area contributed by atoms with Crippen LogP contribution in [0.5, 0.6) is 11.5 Å². The summed E-state index contributed by atoms with van der Waals surface area (Å²) in [6.45, 7) is 3.90. The minimum absolute atomic E-state index is 0.0731. The van der Waals surface area contributed by atoms with E-state index in [2.05, 4.69) is 5.32 Å². The second kappa shape index (κ2) is 6.59. The molecule has 3 N–H and O–H groups in total. The number of benzene rings is 2. The number of phenolic OH excluding ortho intramolecular Hbond substituents is 2. The number of phenols is 2. The summed E-state index contributed by atoms with van der Waals surface area (Å²) in [5.74, 6) is -0.0974. The third-order valence-corrected chi connectivity index (χ3v) is 3.48. The number of halogens is 1. The molecule has 112 valence electrons. The average molecular weight is 289 g/mol. The summed E-state index contributed by atoms with van der Waals surface area (Å²) < 4.78 is 12.9. The molecule has 3 nitrogen and oxygen atoms in total. The molecule has 2 aromatic carbocycles. The Kier molecular flexibility index (Phi) is 4.81. The minimum atomic E-state index is -0.244. The van der Waals surface area contributed by atoms with E-state index >= 15 is 0 Å². The van der Waals surface area contributed by atoms with Crippen LogP contribution < -0.4 is 5.32 Å². The molecular weight excluding hydrogens is 269 g/mol. The van der Waals surface area contributed by atoms with E-state index in [9.17, 15) is 14.6 Å². The van der Waals surface area contributed by atoms with Gasteiger partial charge in [0.1, 0.15) is 17.3 Å². The molecule has 21 heavy (non-hydrogen) atoms. The van der Waals surface area contributed by atoms with E-state index in [1.54, 1.807) is 30.3 Å². The fourth-order valence-corrected chi connectivity index (χ4v) is 2.53.